The van der Waals surface area contributed by atoms with Gasteiger partial charge in [-0.05, 0) is 44.0 Å². The van der Waals surface area contributed by atoms with Gasteiger partial charge in [-0.15, -0.1) is 0 Å². The molecule has 1 fully saturated rings. The summed E-state index contributed by atoms with van der Waals surface area (Å²) in [5, 5.41) is 13.8. The van der Waals surface area contributed by atoms with E-state index in [0.29, 0.717) is 12.0 Å². The number of nitro groups is 1. The molecule has 2 unspecified atom stereocenters. The second-order valence-corrected chi connectivity index (χ2v) is 7.61. The Labute approximate surface area is 134 Å². The summed E-state index contributed by atoms with van der Waals surface area (Å²) >= 11 is 5.94. The van der Waals surface area contributed by atoms with E-state index in [4.69, 9.17) is 11.6 Å². The Balaban J connectivity index is 2.39. The normalized spacial score (nSPS) is 22.5. The highest BCUT2D eigenvalue weighted by Gasteiger charge is 2.30. The fourth-order valence-corrected chi connectivity index (χ4v) is 4.54. The fourth-order valence-electron chi connectivity index (χ4n) is 2.50. The Bertz CT molecular complexity index is 693. The number of hydrogen-bond donors (Lipinski definition) is 2. The molecule has 0 aromatic heterocycles. The first kappa shape index (κ1) is 17.1. The lowest BCUT2D eigenvalue weighted by atomic mass is 9.97. The largest absolute Gasteiger partial charge is 0.316 e. The van der Waals surface area contributed by atoms with Crippen LogP contribution in [0.5, 0.6) is 0 Å². The Morgan fingerprint density at radius 1 is 1.45 bits per heavy atom. The summed E-state index contributed by atoms with van der Waals surface area (Å²) in [6.07, 6.45) is 0.659. The van der Waals surface area contributed by atoms with Gasteiger partial charge in [-0.25, -0.2) is 13.1 Å². The van der Waals surface area contributed by atoms with E-state index in [2.05, 4.69) is 10.0 Å². The highest BCUT2D eigenvalue weighted by atomic mass is 35.5. The van der Waals surface area contributed by atoms with Crippen LogP contribution in [0.1, 0.15) is 18.9 Å². The molecule has 0 aliphatic carbocycles. The molecule has 2 N–H and O–H groups in total. The van der Waals surface area contributed by atoms with Crippen molar-refractivity contribution >= 4 is 27.3 Å². The van der Waals surface area contributed by atoms with Crippen LogP contribution in [0.25, 0.3) is 0 Å². The average Bonchev–Trinajstić information content (AvgIpc) is 2.43. The van der Waals surface area contributed by atoms with Crippen molar-refractivity contribution in [3.8, 4) is 0 Å². The Morgan fingerprint density at radius 3 is 2.73 bits per heavy atom. The van der Waals surface area contributed by atoms with Crippen LogP contribution in [0, 0.1) is 23.0 Å². The second-order valence-electron chi connectivity index (χ2n) is 5.55. The van der Waals surface area contributed by atoms with Gasteiger partial charge in [0.05, 0.1) is 4.92 Å². The molecule has 0 saturated carbocycles. The van der Waals surface area contributed by atoms with E-state index in [9.17, 15) is 18.5 Å². The summed E-state index contributed by atoms with van der Waals surface area (Å²) in [6, 6.07) is 2.39. The van der Waals surface area contributed by atoms with Crippen molar-refractivity contribution in [3.63, 3.8) is 0 Å². The number of sulfonamides is 1. The number of piperidine rings is 1. The molecule has 1 saturated heterocycles. The fraction of sp³-hybridized carbons (Fsp3) is 0.538. The second kappa shape index (κ2) is 6.49. The molecule has 7 nitrogen and oxygen atoms in total. The Kier molecular flexibility index (Phi) is 5.06. The number of rotatable bonds is 4. The van der Waals surface area contributed by atoms with Crippen molar-refractivity contribution in [2.45, 2.75) is 31.2 Å². The minimum Gasteiger partial charge on any atom is -0.316 e. The number of aryl methyl sites for hydroxylation is 1. The topological polar surface area (TPSA) is 101 Å². The van der Waals surface area contributed by atoms with Crippen molar-refractivity contribution in [1.29, 1.82) is 0 Å². The standard InChI is InChI=1S/C13H18ClN3O4S/c1-8-5-11(17(18)19)13(14)12(6-8)22(20,21)16-10-3-4-15-7-9(10)2/h5-6,9-10,15-16H,3-4,7H2,1-2H3. The van der Waals surface area contributed by atoms with Crippen LogP contribution in [-0.4, -0.2) is 32.5 Å². The third kappa shape index (κ3) is 3.57. The molecular weight excluding hydrogens is 330 g/mol. The van der Waals surface area contributed by atoms with Gasteiger partial charge in [-0.1, -0.05) is 18.5 Å². The van der Waals surface area contributed by atoms with E-state index >= 15 is 0 Å². The molecule has 0 radical (unpaired) electrons. The van der Waals surface area contributed by atoms with Crippen LogP contribution >= 0.6 is 11.6 Å². The molecule has 9 heteroatoms. The maximum atomic E-state index is 12.6. The van der Waals surface area contributed by atoms with E-state index in [-0.39, 0.29) is 21.9 Å². The highest BCUT2D eigenvalue weighted by Crippen LogP contribution is 2.33. The molecule has 1 aromatic rings. The van der Waals surface area contributed by atoms with E-state index in [1.54, 1.807) is 6.92 Å². The molecule has 1 aliphatic heterocycles. The van der Waals surface area contributed by atoms with Gasteiger partial charge >= 0.3 is 0 Å². The first-order chi connectivity index (χ1) is 10.2. The van der Waals surface area contributed by atoms with Crippen molar-refractivity contribution in [2.24, 2.45) is 5.92 Å². The monoisotopic (exact) mass is 347 g/mol. The summed E-state index contributed by atoms with van der Waals surface area (Å²) in [5.41, 5.74) is 0.0650. The molecule has 2 rings (SSSR count). The number of benzene rings is 1. The summed E-state index contributed by atoms with van der Waals surface area (Å²) in [4.78, 5) is 10.1. The molecule has 1 aliphatic rings. The number of nitrogens with zero attached hydrogens (tertiary/aromatic N) is 1. The Morgan fingerprint density at radius 2 is 2.14 bits per heavy atom. The van der Waals surface area contributed by atoms with Gasteiger partial charge in [0, 0.05) is 12.1 Å². The van der Waals surface area contributed by atoms with Gasteiger partial charge in [0.15, 0.2) is 0 Å². The molecule has 2 atom stereocenters. The first-order valence-electron chi connectivity index (χ1n) is 6.90. The lowest BCUT2D eigenvalue weighted by Gasteiger charge is -2.30. The average molecular weight is 348 g/mol. The third-order valence-electron chi connectivity index (χ3n) is 3.74. The summed E-state index contributed by atoms with van der Waals surface area (Å²) in [6.45, 7) is 4.98. The quantitative estimate of drug-likeness (QED) is 0.639. The van der Waals surface area contributed by atoms with Crippen molar-refractivity contribution in [2.75, 3.05) is 13.1 Å². The SMILES string of the molecule is Cc1cc([N+](=O)[O-])c(Cl)c(S(=O)(=O)NC2CCNCC2C)c1. The predicted molar refractivity (Wildman–Crippen MR) is 83.6 cm³/mol. The Hall–Kier alpha value is -1.22. The zero-order valence-corrected chi connectivity index (χ0v) is 13.9. The zero-order valence-electron chi connectivity index (χ0n) is 12.3. The maximum absolute atomic E-state index is 12.6. The van der Waals surface area contributed by atoms with E-state index < -0.39 is 20.6 Å². The molecule has 1 heterocycles. The van der Waals surface area contributed by atoms with Gasteiger partial charge in [0.2, 0.25) is 10.0 Å². The lowest BCUT2D eigenvalue weighted by Crippen LogP contribution is -2.48. The molecule has 22 heavy (non-hydrogen) atoms. The van der Waals surface area contributed by atoms with Crippen LogP contribution < -0.4 is 10.0 Å². The van der Waals surface area contributed by atoms with Crippen LogP contribution in [0.2, 0.25) is 5.02 Å². The number of hydrogen-bond acceptors (Lipinski definition) is 5. The summed E-state index contributed by atoms with van der Waals surface area (Å²) in [7, 11) is -3.92. The molecule has 1 aromatic carbocycles. The van der Waals surface area contributed by atoms with Gasteiger partial charge < -0.3 is 5.32 Å². The molecule has 0 spiro atoms. The summed E-state index contributed by atoms with van der Waals surface area (Å²) in [5.74, 6) is 0.127. The van der Waals surface area contributed by atoms with Crippen LogP contribution in [0.3, 0.4) is 0 Å². The van der Waals surface area contributed by atoms with Crippen LogP contribution in [0.4, 0.5) is 5.69 Å². The van der Waals surface area contributed by atoms with Crippen LogP contribution in [-0.2, 0) is 10.0 Å². The molecule has 122 valence electrons. The minimum atomic E-state index is -3.92. The third-order valence-corrected chi connectivity index (χ3v) is 5.77. The van der Waals surface area contributed by atoms with Crippen molar-refractivity contribution < 1.29 is 13.3 Å². The van der Waals surface area contributed by atoms with E-state index in [1.807, 2.05) is 6.92 Å². The zero-order chi connectivity index (χ0) is 16.5. The van der Waals surface area contributed by atoms with Crippen molar-refractivity contribution in [3.05, 3.63) is 32.8 Å². The number of halogens is 1. The van der Waals surface area contributed by atoms with Gasteiger partial charge in [0.1, 0.15) is 9.92 Å². The minimum absolute atomic E-state index is 0.127. The van der Waals surface area contributed by atoms with E-state index in [0.717, 1.165) is 13.1 Å². The number of nitrogens with one attached hydrogen (secondary N) is 2. The smallest absolute Gasteiger partial charge is 0.289 e. The lowest BCUT2D eigenvalue weighted by molar-refractivity contribution is -0.385. The summed E-state index contributed by atoms with van der Waals surface area (Å²) < 4.78 is 27.7. The maximum Gasteiger partial charge on any atom is 0.289 e. The molecule has 0 bridgehead atoms. The molecule has 0 amide bonds. The van der Waals surface area contributed by atoms with Crippen molar-refractivity contribution in [1.82, 2.24) is 10.0 Å². The predicted octanol–water partition coefficient (Wildman–Crippen LogP) is 1.83. The highest BCUT2D eigenvalue weighted by molar-refractivity contribution is 7.89. The number of nitro benzene ring substituents is 1. The van der Waals surface area contributed by atoms with Gasteiger partial charge in [-0.3, -0.25) is 10.1 Å². The van der Waals surface area contributed by atoms with E-state index in [1.165, 1.54) is 12.1 Å². The van der Waals surface area contributed by atoms with Crippen LogP contribution in [0.15, 0.2) is 17.0 Å². The van der Waals surface area contributed by atoms with Gasteiger partial charge in [0.25, 0.3) is 5.69 Å². The molecular formula is C13H18ClN3O4S. The van der Waals surface area contributed by atoms with Gasteiger partial charge in [-0.2, -0.15) is 0 Å². The first-order valence-corrected chi connectivity index (χ1v) is 8.76.